The van der Waals surface area contributed by atoms with E-state index in [1.807, 2.05) is 13.8 Å². The normalized spacial score (nSPS) is 12.6. The molecule has 1 rings (SSSR count). The first-order valence-corrected chi connectivity index (χ1v) is 6.78. The number of nitrogens with zero attached hydrogens (tertiary/aromatic N) is 1. The van der Waals surface area contributed by atoms with Gasteiger partial charge in [-0.05, 0) is 36.1 Å². The maximum atomic E-state index is 11.8. The second-order valence-electron chi connectivity index (χ2n) is 5.05. The lowest BCUT2D eigenvalue weighted by molar-refractivity contribution is -0.384. The van der Waals surface area contributed by atoms with Gasteiger partial charge < -0.3 is 10.4 Å². The van der Waals surface area contributed by atoms with Gasteiger partial charge in [0.2, 0.25) is 5.91 Å². The number of benzene rings is 1. The van der Waals surface area contributed by atoms with Gasteiger partial charge in [-0.15, -0.1) is 0 Å². The molecule has 1 aromatic carbocycles. The number of aliphatic hydroxyl groups excluding tert-OH is 1. The van der Waals surface area contributed by atoms with E-state index < -0.39 is 4.92 Å². The number of rotatable bonds is 7. The molecule has 1 amide bonds. The Morgan fingerprint density at radius 3 is 2.48 bits per heavy atom. The highest BCUT2D eigenvalue weighted by Gasteiger charge is 2.13. The van der Waals surface area contributed by atoms with Crippen LogP contribution in [0.25, 0.3) is 6.08 Å². The summed E-state index contributed by atoms with van der Waals surface area (Å²) >= 11 is 0. The predicted octanol–water partition coefficient (Wildman–Crippen LogP) is 2.13. The van der Waals surface area contributed by atoms with E-state index in [9.17, 15) is 14.9 Å². The lowest BCUT2D eigenvalue weighted by Crippen LogP contribution is -2.38. The van der Waals surface area contributed by atoms with Gasteiger partial charge >= 0.3 is 0 Å². The summed E-state index contributed by atoms with van der Waals surface area (Å²) in [6.07, 6.45) is 3.48. The molecule has 6 heteroatoms. The molecule has 6 nitrogen and oxygen atoms in total. The molecule has 114 valence electrons. The molecule has 0 aliphatic heterocycles. The van der Waals surface area contributed by atoms with Crippen LogP contribution in [-0.4, -0.2) is 28.6 Å². The van der Waals surface area contributed by atoms with E-state index in [1.165, 1.54) is 18.2 Å². The van der Waals surface area contributed by atoms with Crippen molar-refractivity contribution in [3.8, 4) is 0 Å². The van der Waals surface area contributed by atoms with E-state index in [-0.39, 0.29) is 30.2 Å². The monoisotopic (exact) mass is 292 g/mol. The van der Waals surface area contributed by atoms with Crippen LogP contribution in [0.5, 0.6) is 0 Å². The molecule has 0 aromatic heterocycles. The number of hydrogen-bond donors (Lipinski definition) is 2. The zero-order valence-electron chi connectivity index (χ0n) is 12.2. The van der Waals surface area contributed by atoms with Gasteiger partial charge in [0.15, 0.2) is 0 Å². The zero-order valence-corrected chi connectivity index (χ0v) is 12.2. The summed E-state index contributed by atoms with van der Waals surface area (Å²) < 4.78 is 0. The number of non-ortho nitro benzene ring substituents is 1. The number of amides is 1. The van der Waals surface area contributed by atoms with Crippen molar-refractivity contribution in [3.05, 3.63) is 46.0 Å². The van der Waals surface area contributed by atoms with Crippen molar-refractivity contribution >= 4 is 17.7 Å². The number of carbonyl (C=O) groups excluding carboxylic acids is 1. The first-order chi connectivity index (χ1) is 9.93. The Morgan fingerprint density at radius 2 is 2.00 bits per heavy atom. The van der Waals surface area contributed by atoms with Crippen LogP contribution in [0.1, 0.15) is 25.8 Å². The van der Waals surface area contributed by atoms with Crippen LogP contribution >= 0.6 is 0 Å². The van der Waals surface area contributed by atoms with Gasteiger partial charge in [-0.2, -0.15) is 0 Å². The van der Waals surface area contributed by atoms with E-state index in [2.05, 4.69) is 5.32 Å². The molecule has 0 saturated heterocycles. The number of aliphatic hydroxyl groups is 1. The Kier molecular flexibility index (Phi) is 6.55. The fraction of sp³-hybridized carbons (Fsp3) is 0.400. The number of hydrogen-bond acceptors (Lipinski definition) is 4. The minimum atomic E-state index is -0.470. The van der Waals surface area contributed by atoms with E-state index in [0.717, 1.165) is 0 Å². The van der Waals surface area contributed by atoms with Crippen molar-refractivity contribution < 1.29 is 14.8 Å². The third-order valence-electron chi connectivity index (χ3n) is 3.10. The van der Waals surface area contributed by atoms with Crippen LogP contribution in [0.3, 0.4) is 0 Å². The van der Waals surface area contributed by atoms with Crippen molar-refractivity contribution in [1.29, 1.82) is 0 Å². The number of carbonyl (C=O) groups is 1. The van der Waals surface area contributed by atoms with Gasteiger partial charge in [0.05, 0.1) is 4.92 Å². The fourth-order valence-corrected chi connectivity index (χ4v) is 1.82. The summed E-state index contributed by atoms with van der Waals surface area (Å²) in [5.41, 5.74) is 0.721. The predicted molar refractivity (Wildman–Crippen MR) is 80.6 cm³/mol. The van der Waals surface area contributed by atoms with Crippen molar-refractivity contribution in [2.45, 2.75) is 26.3 Å². The number of nitro benzene ring substituents is 1. The Morgan fingerprint density at radius 1 is 1.38 bits per heavy atom. The lowest BCUT2D eigenvalue weighted by atomic mass is 10.0. The Labute approximate surface area is 123 Å². The first kappa shape index (κ1) is 16.8. The maximum absolute atomic E-state index is 11.8. The van der Waals surface area contributed by atoms with Crippen LogP contribution in [0, 0.1) is 16.0 Å². The minimum absolute atomic E-state index is 0.0134. The lowest BCUT2D eigenvalue weighted by Gasteiger charge is -2.20. The highest BCUT2D eigenvalue weighted by atomic mass is 16.6. The molecule has 1 unspecified atom stereocenters. The average Bonchev–Trinajstić information content (AvgIpc) is 2.45. The molecular formula is C15H20N2O4. The largest absolute Gasteiger partial charge is 0.396 e. The third-order valence-corrected chi connectivity index (χ3v) is 3.10. The Balaban J connectivity index is 2.62. The third kappa shape index (κ3) is 5.74. The second kappa shape index (κ2) is 8.16. The van der Waals surface area contributed by atoms with Gasteiger partial charge in [-0.25, -0.2) is 0 Å². The summed E-state index contributed by atoms with van der Waals surface area (Å²) in [5, 5.41) is 22.3. The highest BCUT2D eigenvalue weighted by molar-refractivity contribution is 5.91. The minimum Gasteiger partial charge on any atom is -0.396 e. The zero-order chi connectivity index (χ0) is 15.8. The summed E-state index contributed by atoms with van der Waals surface area (Å²) in [4.78, 5) is 21.9. The fourth-order valence-electron chi connectivity index (χ4n) is 1.82. The van der Waals surface area contributed by atoms with Crippen molar-refractivity contribution in [1.82, 2.24) is 5.32 Å². The molecule has 0 fully saturated rings. The van der Waals surface area contributed by atoms with Crippen LogP contribution in [0.15, 0.2) is 30.3 Å². The van der Waals surface area contributed by atoms with Crippen molar-refractivity contribution in [3.63, 3.8) is 0 Å². The van der Waals surface area contributed by atoms with E-state index in [1.54, 1.807) is 18.2 Å². The molecular weight excluding hydrogens is 272 g/mol. The molecule has 0 spiro atoms. The molecule has 1 atom stereocenters. The van der Waals surface area contributed by atoms with Crippen molar-refractivity contribution in [2.24, 2.45) is 5.92 Å². The topological polar surface area (TPSA) is 92.5 Å². The van der Waals surface area contributed by atoms with Crippen LogP contribution < -0.4 is 5.32 Å². The first-order valence-electron chi connectivity index (χ1n) is 6.78. The molecule has 0 saturated carbocycles. The standard InChI is InChI=1S/C15H20N2O4/c1-11(2)14(9-10-18)16-15(19)8-5-12-3-6-13(7-4-12)17(20)21/h3-8,11,14,18H,9-10H2,1-2H3,(H,16,19)/b8-5+. The van der Waals surface area contributed by atoms with Crippen molar-refractivity contribution in [2.75, 3.05) is 6.61 Å². The Bertz CT molecular complexity index is 509. The van der Waals surface area contributed by atoms with E-state index >= 15 is 0 Å². The van der Waals surface area contributed by atoms with Gasteiger partial charge in [0, 0.05) is 30.9 Å². The molecule has 0 bridgehead atoms. The summed E-state index contributed by atoms with van der Waals surface area (Å²) in [6, 6.07) is 5.86. The number of nitrogens with one attached hydrogen (secondary N) is 1. The van der Waals surface area contributed by atoms with Crippen LogP contribution in [0.2, 0.25) is 0 Å². The SMILES string of the molecule is CC(C)C(CCO)NC(=O)/C=C/c1ccc([N+](=O)[O-])cc1. The molecule has 1 aromatic rings. The van der Waals surface area contributed by atoms with Crippen LogP contribution in [0.4, 0.5) is 5.69 Å². The molecule has 0 aliphatic rings. The molecule has 21 heavy (non-hydrogen) atoms. The number of nitro groups is 1. The summed E-state index contributed by atoms with van der Waals surface area (Å²) in [6.45, 7) is 3.97. The second-order valence-corrected chi connectivity index (χ2v) is 5.05. The smallest absolute Gasteiger partial charge is 0.269 e. The summed E-state index contributed by atoms with van der Waals surface area (Å²) in [7, 11) is 0. The maximum Gasteiger partial charge on any atom is 0.269 e. The highest BCUT2D eigenvalue weighted by Crippen LogP contribution is 2.13. The molecule has 0 radical (unpaired) electrons. The molecule has 0 aliphatic carbocycles. The summed E-state index contributed by atoms with van der Waals surface area (Å²) in [5.74, 6) is -0.0191. The van der Waals surface area contributed by atoms with E-state index in [4.69, 9.17) is 5.11 Å². The quantitative estimate of drug-likeness (QED) is 0.457. The van der Waals surface area contributed by atoms with E-state index in [0.29, 0.717) is 12.0 Å². The van der Waals surface area contributed by atoms with Gasteiger partial charge in [0.25, 0.3) is 5.69 Å². The molecule has 2 N–H and O–H groups in total. The molecule has 0 heterocycles. The van der Waals surface area contributed by atoms with Gasteiger partial charge in [-0.1, -0.05) is 13.8 Å². The van der Waals surface area contributed by atoms with Crippen LogP contribution in [-0.2, 0) is 4.79 Å². The van der Waals surface area contributed by atoms with Gasteiger partial charge in [0.1, 0.15) is 0 Å². The Hall–Kier alpha value is -2.21. The van der Waals surface area contributed by atoms with Gasteiger partial charge in [-0.3, -0.25) is 14.9 Å². The average molecular weight is 292 g/mol.